The third kappa shape index (κ3) is 5.50. The molecule has 0 aliphatic rings. The third-order valence-corrected chi connectivity index (χ3v) is 10.8. The molecule has 2 heterocycles. The second-order valence-electron chi connectivity index (χ2n) is 14.1. The Morgan fingerprint density at radius 2 is 0.786 bits per heavy atom. The molecule has 0 saturated heterocycles. The van der Waals surface area contributed by atoms with Crippen LogP contribution in [0.1, 0.15) is 0 Å². The van der Waals surface area contributed by atoms with Crippen LogP contribution in [0.2, 0.25) is 0 Å². The topological polar surface area (TPSA) is 65.6 Å². The monoisotopic (exact) mass is 721 g/mol. The van der Waals surface area contributed by atoms with Crippen molar-refractivity contribution < 1.29 is 0 Å². The van der Waals surface area contributed by atoms with E-state index in [9.17, 15) is 4.79 Å². The Balaban J connectivity index is 1.15. The van der Waals surface area contributed by atoms with Crippen molar-refractivity contribution >= 4 is 32.6 Å². The van der Waals surface area contributed by atoms with Gasteiger partial charge in [-0.1, -0.05) is 164 Å². The fraction of sp³-hybridized carbons (Fsp3) is 0.0400. The Morgan fingerprint density at radius 1 is 0.357 bits per heavy atom. The molecule has 0 aliphatic carbocycles. The van der Waals surface area contributed by atoms with Crippen LogP contribution in [-0.4, -0.2) is 24.1 Å². The van der Waals surface area contributed by atoms with Crippen molar-refractivity contribution in [3.63, 3.8) is 0 Å². The quantitative estimate of drug-likeness (QED) is 0.160. The minimum absolute atomic E-state index is 0.0421. The van der Waals surface area contributed by atoms with E-state index < -0.39 is 0 Å². The number of imidazole rings is 1. The predicted molar refractivity (Wildman–Crippen MR) is 229 cm³/mol. The average Bonchev–Trinajstić information content (AvgIpc) is 3.48. The molecule has 0 amide bonds. The van der Waals surface area contributed by atoms with Crippen LogP contribution in [0.4, 0.5) is 0 Å². The van der Waals surface area contributed by atoms with Crippen LogP contribution in [0.5, 0.6) is 0 Å². The molecule has 10 aromatic rings. The zero-order valence-electron chi connectivity index (χ0n) is 30.9. The minimum Gasteiger partial charge on any atom is -0.295 e. The highest BCUT2D eigenvalue weighted by Crippen LogP contribution is 2.45. The predicted octanol–water partition coefficient (Wildman–Crippen LogP) is 11.4. The first-order chi connectivity index (χ1) is 27.5. The highest BCUT2D eigenvalue weighted by Gasteiger charge is 2.21. The summed E-state index contributed by atoms with van der Waals surface area (Å²) in [5.41, 5.74) is 11.1. The summed E-state index contributed by atoms with van der Waals surface area (Å²) in [5, 5.41) is 4.72. The standard InChI is InChI=1S/C50H35N5O/c1-54-43-30-29-36(31-44(43)55(2)50(54)56)32-25-27-35(28-26-32)48-51-47(34-17-7-4-8-18-34)52-49(53-48)42-24-14-13-23-41(42)46-39-21-11-9-19-37(39)45(33-15-5-3-6-16-33)38-20-10-12-22-40(38)46/h3-31H,1-2H3. The van der Waals surface area contributed by atoms with E-state index in [-0.39, 0.29) is 5.69 Å². The Hall–Kier alpha value is -7.44. The van der Waals surface area contributed by atoms with Gasteiger partial charge >= 0.3 is 5.69 Å². The zero-order chi connectivity index (χ0) is 37.8. The lowest BCUT2D eigenvalue weighted by Crippen LogP contribution is -2.19. The van der Waals surface area contributed by atoms with E-state index in [0.717, 1.165) is 50.0 Å². The fourth-order valence-corrected chi connectivity index (χ4v) is 8.07. The number of fused-ring (bicyclic) bond motifs is 3. The number of hydrogen-bond donors (Lipinski definition) is 0. The molecule has 266 valence electrons. The lowest BCUT2D eigenvalue weighted by molar-refractivity contribution is 0.795. The number of rotatable bonds is 6. The molecule has 0 bridgehead atoms. The first-order valence-corrected chi connectivity index (χ1v) is 18.7. The van der Waals surface area contributed by atoms with Crippen molar-refractivity contribution in [2.75, 3.05) is 0 Å². The summed E-state index contributed by atoms with van der Waals surface area (Å²) in [5.74, 6) is 1.79. The van der Waals surface area contributed by atoms with Gasteiger partial charge in [0.15, 0.2) is 17.5 Å². The van der Waals surface area contributed by atoms with Gasteiger partial charge in [0.2, 0.25) is 0 Å². The molecule has 0 atom stereocenters. The number of nitrogens with zero attached hydrogens (tertiary/aromatic N) is 5. The Bertz CT molecular complexity index is 3110. The molecule has 0 radical (unpaired) electrons. The molecule has 0 unspecified atom stereocenters. The number of aromatic nitrogens is 5. The van der Waals surface area contributed by atoms with Crippen molar-refractivity contribution in [2.24, 2.45) is 14.1 Å². The van der Waals surface area contributed by atoms with Crippen LogP contribution in [0.25, 0.3) is 100 Å². The van der Waals surface area contributed by atoms with Crippen LogP contribution in [0, 0.1) is 0 Å². The SMILES string of the molecule is Cn1c(=O)n(C)c2cc(-c3ccc(-c4nc(-c5ccccc5)nc(-c5ccccc5-c5c6ccccc6c(-c6ccccc6)c6ccccc56)n4)cc3)ccc21. The van der Waals surface area contributed by atoms with Gasteiger partial charge in [0.05, 0.1) is 11.0 Å². The largest absolute Gasteiger partial charge is 0.328 e. The second-order valence-corrected chi connectivity index (χ2v) is 14.1. The van der Waals surface area contributed by atoms with Gasteiger partial charge in [0.25, 0.3) is 0 Å². The van der Waals surface area contributed by atoms with E-state index >= 15 is 0 Å². The van der Waals surface area contributed by atoms with Gasteiger partial charge in [0.1, 0.15) is 0 Å². The normalized spacial score (nSPS) is 11.5. The maximum atomic E-state index is 12.6. The lowest BCUT2D eigenvalue weighted by Gasteiger charge is -2.19. The number of benzene rings is 8. The van der Waals surface area contributed by atoms with E-state index in [4.69, 9.17) is 15.0 Å². The Labute approximate surface area is 323 Å². The molecule has 0 saturated carbocycles. The average molecular weight is 722 g/mol. The Morgan fingerprint density at radius 3 is 1.39 bits per heavy atom. The van der Waals surface area contributed by atoms with Gasteiger partial charge in [-0.15, -0.1) is 0 Å². The molecule has 0 spiro atoms. The summed E-state index contributed by atoms with van der Waals surface area (Å²) < 4.78 is 3.36. The van der Waals surface area contributed by atoms with Crippen LogP contribution >= 0.6 is 0 Å². The van der Waals surface area contributed by atoms with E-state index in [2.05, 4.69) is 140 Å². The van der Waals surface area contributed by atoms with Crippen molar-refractivity contribution in [2.45, 2.75) is 0 Å². The summed E-state index contributed by atoms with van der Waals surface area (Å²) in [7, 11) is 3.61. The van der Waals surface area contributed by atoms with E-state index in [1.807, 2.05) is 43.4 Å². The fourth-order valence-electron chi connectivity index (χ4n) is 8.07. The van der Waals surface area contributed by atoms with Gasteiger partial charge < -0.3 is 0 Å². The van der Waals surface area contributed by atoms with Crippen LogP contribution in [-0.2, 0) is 14.1 Å². The third-order valence-electron chi connectivity index (χ3n) is 10.8. The molecule has 6 heteroatoms. The van der Waals surface area contributed by atoms with Gasteiger partial charge in [-0.2, -0.15) is 0 Å². The molecular weight excluding hydrogens is 687 g/mol. The summed E-state index contributed by atoms with van der Waals surface area (Å²) in [6.45, 7) is 0. The molecule has 10 rings (SSSR count). The highest BCUT2D eigenvalue weighted by molar-refractivity contribution is 6.22. The molecule has 56 heavy (non-hydrogen) atoms. The molecule has 0 fully saturated rings. The summed E-state index contributed by atoms with van der Waals surface area (Å²) in [4.78, 5) is 28.0. The van der Waals surface area contributed by atoms with Crippen LogP contribution in [0.15, 0.2) is 181 Å². The molecule has 8 aromatic carbocycles. The first kappa shape index (κ1) is 33.2. The maximum absolute atomic E-state index is 12.6. The summed E-state index contributed by atoms with van der Waals surface area (Å²) >= 11 is 0. The molecular formula is C50H35N5O. The highest BCUT2D eigenvalue weighted by atomic mass is 16.1. The minimum atomic E-state index is -0.0421. The van der Waals surface area contributed by atoms with Crippen LogP contribution in [0.3, 0.4) is 0 Å². The summed E-state index contributed by atoms with van der Waals surface area (Å²) in [6.07, 6.45) is 0. The number of aryl methyl sites for hydroxylation is 2. The van der Waals surface area contributed by atoms with Crippen molar-refractivity contribution in [1.82, 2.24) is 24.1 Å². The zero-order valence-corrected chi connectivity index (χ0v) is 30.9. The smallest absolute Gasteiger partial charge is 0.295 e. The van der Waals surface area contributed by atoms with E-state index in [1.54, 1.807) is 16.2 Å². The van der Waals surface area contributed by atoms with Gasteiger partial charge in [-0.25, -0.2) is 19.7 Å². The second kappa shape index (κ2) is 13.4. The molecule has 0 aliphatic heterocycles. The van der Waals surface area contributed by atoms with Crippen molar-refractivity contribution in [1.29, 1.82) is 0 Å². The Kier molecular flexibility index (Phi) is 7.96. The number of hydrogen-bond acceptors (Lipinski definition) is 4. The molecule has 0 N–H and O–H groups in total. The molecule has 6 nitrogen and oxygen atoms in total. The van der Waals surface area contributed by atoms with E-state index in [0.29, 0.717) is 17.5 Å². The van der Waals surface area contributed by atoms with Gasteiger partial charge in [-0.3, -0.25) is 9.13 Å². The van der Waals surface area contributed by atoms with Crippen LogP contribution < -0.4 is 5.69 Å². The van der Waals surface area contributed by atoms with Crippen molar-refractivity contribution in [3.8, 4) is 67.5 Å². The summed E-state index contributed by atoms with van der Waals surface area (Å²) in [6, 6.07) is 61.0. The first-order valence-electron chi connectivity index (χ1n) is 18.7. The lowest BCUT2D eigenvalue weighted by atomic mass is 9.84. The van der Waals surface area contributed by atoms with E-state index in [1.165, 1.54) is 32.7 Å². The molecule has 2 aromatic heterocycles. The van der Waals surface area contributed by atoms with Gasteiger partial charge in [0, 0.05) is 30.8 Å². The maximum Gasteiger partial charge on any atom is 0.328 e. The van der Waals surface area contributed by atoms with Gasteiger partial charge in [-0.05, 0) is 67.1 Å². The van der Waals surface area contributed by atoms with Crippen molar-refractivity contribution in [3.05, 3.63) is 186 Å².